The number of para-hydroxylation sites is 1. The first-order chi connectivity index (χ1) is 9.11. The maximum absolute atomic E-state index is 12.7. The topological polar surface area (TPSA) is 41.9 Å². The number of amides is 1. The van der Waals surface area contributed by atoms with Gasteiger partial charge in [-0.15, -0.1) is 0 Å². The Morgan fingerprint density at radius 2 is 1.65 bits per heavy atom. The zero-order valence-corrected chi connectivity index (χ0v) is 15.0. The zero-order chi connectivity index (χ0) is 15.1. The molecular weight excluding hydrogens is 284 g/mol. The summed E-state index contributed by atoms with van der Waals surface area (Å²) >= 11 is 0. The van der Waals surface area contributed by atoms with Crippen LogP contribution in [0.1, 0.15) is 5.56 Å². The Kier molecular flexibility index (Phi) is 3.64. The fraction of sp³-hybridized carbons (Fsp3) is 0.429. The molecule has 1 aromatic carbocycles. The summed E-state index contributed by atoms with van der Waals surface area (Å²) in [5.41, 5.74) is 2.30. The molecule has 4 nitrogen and oxygen atoms in total. The smallest absolute Gasteiger partial charge is 0.278 e. The monoisotopic (exact) mass is 306 g/mol. The summed E-state index contributed by atoms with van der Waals surface area (Å²) in [6.45, 7) is 12.6. The molecule has 1 aliphatic heterocycles. The Morgan fingerprint density at radius 3 is 2.20 bits per heavy atom. The molecule has 0 unspecified atom stereocenters. The molecule has 20 heavy (non-hydrogen) atoms. The van der Waals surface area contributed by atoms with E-state index < -0.39 is 16.6 Å². The number of oxime groups is 1. The number of nitrogens with zero attached hydrogens (tertiary/aromatic N) is 2. The van der Waals surface area contributed by atoms with Gasteiger partial charge in [0.05, 0.1) is 0 Å². The van der Waals surface area contributed by atoms with E-state index >= 15 is 0 Å². The van der Waals surface area contributed by atoms with Crippen LogP contribution in [0.4, 0.5) is 5.69 Å². The molecule has 108 valence electrons. The number of anilines is 1. The van der Waals surface area contributed by atoms with Gasteiger partial charge < -0.3 is 9.09 Å². The quantitative estimate of drug-likeness (QED) is 0.634. The average molecular weight is 307 g/mol. The fourth-order valence-corrected chi connectivity index (χ4v) is 4.13. The second-order valence-electron chi connectivity index (χ2n) is 6.97. The molecule has 0 aliphatic carbocycles. The molecule has 0 saturated carbocycles. The Morgan fingerprint density at radius 1 is 1.05 bits per heavy atom. The highest BCUT2D eigenvalue weighted by molar-refractivity contribution is 6.87. The predicted octanol–water partition coefficient (Wildman–Crippen LogP) is 3.42. The second-order valence-corrected chi connectivity index (χ2v) is 16.2. The largest absolute Gasteiger partial charge is 0.455 e. The van der Waals surface area contributed by atoms with Crippen LogP contribution in [0.3, 0.4) is 0 Å². The summed E-state index contributed by atoms with van der Waals surface area (Å²) in [7, 11) is -3.59. The molecular formula is C14H22N2O2Si2. The lowest BCUT2D eigenvalue weighted by Crippen LogP contribution is -2.49. The van der Waals surface area contributed by atoms with E-state index in [0.29, 0.717) is 5.71 Å². The number of carbonyl (C=O) groups is 1. The third-order valence-electron chi connectivity index (χ3n) is 2.89. The van der Waals surface area contributed by atoms with E-state index in [9.17, 15) is 4.79 Å². The van der Waals surface area contributed by atoms with Crippen molar-refractivity contribution >= 4 is 33.9 Å². The van der Waals surface area contributed by atoms with Crippen molar-refractivity contribution < 1.29 is 9.32 Å². The molecule has 0 bridgehead atoms. The van der Waals surface area contributed by atoms with Crippen LogP contribution in [0.25, 0.3) is 0 Å². The lowest BCUT2D eigenvalue weighted by molar-refractivity contribution is -0.111. The maximum atomic E-state index is 12.7. The van der Waals surface area contributed by atoms with Crippen molar-refractivity contribution in [3.8, 4) is 0 Å². The molecule has 0 atom stereocenters. The van der Waals surface area contributed by atoms with Crippen LogP contribution in [0.2, 0.25) is 39.3 Å². The van der Waals surface area contributed by atoms with Crippen molar-refractivity contribution in [3.63, 3.8) is 0 Å². The predicted molar refractivity (Wildman–Crippen MR) is 88.2 cm³/mol. The third-order valence-corrected chi connectivity index (χ3v) is 5.31. The van der Waals surface area contributed by atoms with E-state index in [1.165, 1.54) is 0 Å². The number of hydrogen-bond acceptors (Lipinski definition) is 3. The van der Waals surface area contributed by atoms with Crippen molar-refractivity contribution in [2.45, 2.75) is 39.3 Å². The third kappa shape index (κ3) is 2.86. The standard InChI is InChI=1S/C14H22N2O2Si2/c1-19(2,3)16-12-10-8-7-9-11(12)13(14(16)17)15-18-20(4,5)6/h7-10H,1-6H3/b15-13-. The Balaban J connectivity index is 2.49. The Labute approximate surface area is 122 Å². The first kappa shape index (κ1) is 15.0. The summed E-state index contributed by atoms with van der Waals surface area (Å²) in [6, 6.07) is 7.83. The van der Waals surface area contributed by atoms with Crippen molar-refractivity contribution in [2.24, 2.45) is 5.16 Å². The summed E-state index contributed by atoms with van der Waals surface area (Å²) < 4.78 is 7.52. The molecule has 0 aromatic heterocycles. The lowest BCUT2D eigenvalue weighted by atomic mass is 10.1. The van der Waals surface area contributed by atoms with Gasteiger partial charge in [-0.3, -0.25) is 4.79 Å². The molecule has 0 saturated heterocycles. The van der Waals surface area contributed by atoms with Crippen molar-refractivity contribution in [1.29, 1.82) is 0 Å². The zero-order valence-electron chi connectivity index (χ0n) is 13.0. The highest BCUT2D eigenvalue weighted by Gasteiger charge is 2.41. The van der Waals surface area contributed by atoms with Gasteiger partial charge in [-0.25, -0.2) is 0 Å². The van der Waals surface area contributed by atoms with Crippen LogP contribution in [-0.4, -0.2) is 28.2 Å². The van der Waals surface area contributed by atoms with Gasteiger partial charge in [-0.1, -0.05) is 43.0 Å². The van der Waals surface area contributed by atoms with Crippen LogP contribution >= 0.6 is 0 Å². The molecule has 1 heterocycles. The van der Waals surface area contributed by atoms with Gasteiger partial charge in [-0.05, 0) is 25.7 Å². The number of carbonyl (C=O) groups excluding carboxylic acids is 1. The van der Waals surface area contributed by atoms with Crippen LogP contribution in [0, 0.1) is 0 Å². The van der Waals surface area contributed by atoms with Gasteiger partial charge in [0.1, 0.15) is 0 Å². The van der Waals surface area contributed by atoms with Gasteiger partial charge in [0, 0.05) is 11.3 Å². The minimum Gasteiger partial charge on any atom is -0.455 e. The molecule has 1 amide bonds. The maximum Gasteiger partial charge on any atom is 0.278 e. The second kappa shape index (κ2) is 4.85. The highest BCUT2D eigenvalue weighted by Crippen LogP contribution is 2.33. The van der Waals surface area contributed by atoms with E-state index in [2.05, 4.69) is 44.4 Å². The summed E-state index contributed by atoms with van der Waals surface area (Å²) in [5, 5.41) is 4.19. The van der Waals surface area contributed by atoms with Gasteiger partial charge >= 0.3 is 0 Å². The van der Waals surface area contributed by atoms with Crippen LogP contribution < -0.4 is 4.57 Å². The summed E-state index contributed by atoms with van der Waals surface area (Å²) in [6.07, 6.45) is 0. The highest BCUT2D eigenvalue weighted by atomic mass is 28.4. The number of fused-ring (bicyclic) bond motifs is 1. The van der Waals surface area contributed by atoms with E-state index in [1.54, 1.807) is 0 Å². The number of hydrogen-bond donors (Lipinski definition) is 0. The molecule has 2 rings (SSSR count). The molecule has 0 N–H and O–H groups in total. The summed E-state index contributed by atoms with van der Waals surface area (Å²) in [5.74, 6) is -0.0244. The number of rotatable bonds is 3. The number of benzene rings is 1. The minimum atomic E-state index is -1.80. The SMILES string of the molecule is C[Si](C)(C)O/N=C1\C(=O)N([Si](C)(C)C)c2ccccc21. The van der Waals surface area contributed by atoms with Gasteiger partial charge in [-0.2, -0.15) is 0 Å². The van der Waals surface area contributed by atoms with Crippen molar-refractivity contribution in [3.05, 3.63) is 29.8 Å². The molecule has 6 heteroatoms. The van der Waals surface area contributed by atoms with Crippen LogP contribution in [-0.2, 0) is 9.32 Å². The molecule has 0 radical (unpaired) electrons. The summed E-state index contributed by atoms with van der Waals surface area (Å²) in [4.78, 5) is 12.7. The minimum absolute atomic E-state index is 0.0244. The average Bonchev–Trinajstić information content (AvgIpc) is 2.56. The first-order valence-corrected chi connectivity index (χ1v) is 13.7. The molecule has 0 fully saturated rings. The van der Waals surface area contributed by atoms with Gasteiger partial charge in [0.25, 0.3) is 14.2 Å². The van der Waals surface area contributed by atoms with E-state index in [1.807, 2.05) is 28.8 Å². The Bertz CT molecular complexity index is 571. The molecule has 1 aromatic rings. The molecule has 1 aliphatic rings. The first-order valence-electron chi connectivity index (χ1n) is 6.81. The Hall–Kier alpha value is -1.41. The van der Waals surface area contributed by atoms with E-state index in [0.717, 1.165) is 11.3 Å². The van der Waals surface area contributed by atoms with Gasteiger partial charge in [0.15, 0.2) is 13.9 Å². The molecule has 0 spiro atoms. The van der Waals surface area contributed by atoms with Crippen LogP contribution in [0.5, 0.6) is 0 Å². The van der Waals surface area contributed by atoms with E-state index in [4.69, 9.17) is 4.53 Å². The normalized spacial score (nSPS) is 17.6. The lowest BCUT2D eigenvalue weighted by Gasteiger charge is -2.30. The van der Waals surface area contributed by atoms with E-state index in [-0.39, 0.29) is 5.91 Å². The van der Waals surface area contributed by atoms with Crippen LogP contribution in [0.15, 0.2) is 29.4 Å². The van der Waals surface area contributed by atoms with Crippen molar-refractivity contribution in [1.82, 2.24) is 0 Å². The van der Waals surface area contributed by atoms with Crippen molar-refractivity contribution in [2.75, 3.05) is 4.57 Å². The van der Waals surface area contributed by atoms with Gasteiger partial charge in [0.2, 0.25) is 0 Å². The fourth-order valence-electron chi connectivity index (χ4n) is 2.14.